The standard InChI is InChI=1S/C20H23F3N4O6/c1-31-16(28)10-26-5-4-25(6-7-32-26)14-3-2-12(8-13(14)21)27-11-20(33-19(27)30)9-15(20)24-18(29)17(22)23/h2-3,8,15,17H,4-7,9-11H2,1H3,(H,24,29). The highest BCUT2D eigenvalue weighted by molar-refractivity contribution is 5.91. The van der Waals surface area contributed by atoms with E-state index in [9.17, 15) is 27.6 Å². The van der Waals surface area contributed by atoms with E-state index in [1.54, 1.807) is 11.0 Å². The number of anilines is 2. The Hall–Kier alpha value is -3.06. The molecule has 1 spiro atoms. The summed E-state index contributed by atoms with van der Waals surface area (Å²) in [5.74, 6) is -2.43. The number of esters is 1. The smallest absolute Gasteiger partial charge is 0.415 e. The number of hydrogen-bond acceptors (Lipinski definition) is 8. The third-order valence-corrected chi connectivity index (χ3v) is 5.85. The van der Waals surface area contributed by atoms with E-state index in [-0.39, 0.29) is 31.8 Å². The lowest BCUT2D eigenvalue weighted by Gasteiger charge is -2.23. The van der Waals surface area contributed by atoms with Crippen molar-refractivity contribution < 1.29 is 41.9 Å². The van der Waals surface area contributed by atoms with Gasteiger partial charge in [0.2, 0.25) is 0 Å². The Morgan fingerprint density at radius 3 is 2.79 bits per heavy atom. The first-order chi connectivity index (χ1) is 15.7. The van der Waals surface area contributed by atoms with Crippen molar-refractivity contribution in [3.8, 4) is 0 Å². The van der Waals surface area contributed by atoms with Gasteiger partial charge in [-0.3, -0.25) is 19.3 Å². The van der Waals surface area contributed by atoms with E-state index < -0.39 is 41.9 Å². The lowest BCUT2D eigenvalue weighted by molar-refractivity contribution is -0.172. The average molecular weight is 472 g/mol. The highest BCUT2D eigenvalue weighted by Gasteiger charge is 2.64. The minimum Gasteiger partial charge on any atom is -0.468 e. The number of halogens is 3. The van der Waals surface area contributed by atoms with Crippen molar-refractivity contribution in [3.05, 3.63) is 24.0 Å². The zero-order valence-electron chi connectivity index (χ0n) is 17.8. The fourth-order valence-electron chi connectivity index (χ4n) is 3.96. The van der Waals surface area contributed by atoms with Crippen molar-refractivity contribution in [3.63, 3.8) is 0 Å². The fourth-order valence-corrected chi connectivity index (χ4v) is 3.96. The van der Waals surface area contributed by atoms with E-state index in [1.165, 1.54) is 29.2 Å². The van der Waals surface area contributed by atoms with Crippen LogP contribution in [0.25, 0.3) is 0 Å². The van der Waals surface area contributed by atoms with Crippen LogP contribution in [-0.2, 0) is 23.9 Å². The number of rotatable bonds is 6. The molecule has 1 aromatic rings. The van der Waals surface area contributed by atoms with E-state index in [0.717, 1.165) is 0 Å². The summed E-state index contributed by atoms with van der Waals surface area (Å²) < 4.78 is 49.8. The van der Waals surface area contributed by atoms with E-state index >= 15 is 0 Å². The molecule has 13 heteroatoms. The molecule has 10 nitrogen and oxygen atoms in total. The number of alkyl halides is 2. The van der Waals surface area contributed by atoms with Gasteiger partial charge >= 0.3 is 18.5 Å². The highest BCUT2D eigenvalue weighted by Crippen LogP contribution is 2.46. The van der Waals surface area contributed by atoms with Crippen molar-refractivity contribution in [2.45, 2.75) is 24.5 Å². The third kappa shape index (κ3) is 4.83. The Morgan fingerprint density at radius 1 is 1.30 bits per heavy atom. The van der Waals surface area contributed by atoms with Gasteiger partial charge in [0.25, 0.3) is 5.91 Å². The van der Waals surface area contributed by atoms with Crippen molar-refractivity contribution >= 4 is 29.3 Å². The van der Waals surface area contributed by atoms with Crippen LogP contribution in [0, 0.1) is 5.82 Å². The van der Waals surface area contributed by atoms with E-state index in [1.807, 2.05) is 0 Å². The van der Waals surface area contributed by atoms with Crippen LogP contribution in [0.3, 0.4) is 0 Å². The molecule has 3 fully saturated rings. The zero-order valence-corrected chi connectivity index (χ0v) is 17.8. The van der Waals surface area contributed by atoms with Gasteiger partial charge in [-0.15, -0.1) is 0 Å². The molecule has 180 valence electrons. The first-order valence-corrected chi connectivity index (χ1v) is 10.3. The summed E-state index contributed by atoms with van der Waals surface area (Å²) in [6.45, 7) is 1.35. The van der Waals surface area contributed by atoms with Gasteiger partial charge in [0, 0.05) is 26.1 Å². The van der Waals surface area contributed by atoms with Gasteiger partial charge in [0.05, 0.1) is 37.7 Å². The van der Waals surface area contributed by atoms with Crippen LogP contribution in [0.5, 0.6) is 0 Å². The Labute approximate surface area is 187 Å². The molecule has 1 N–H and O–H groups in total. The van der Waals surface area contributed by atoms with Gasteiger partial charge in [-0.05, 0) is 18.2 Å². The number of nitrogens with zero attached hydrogens (tertiary/aromatic N) is 3. The van der Waals surface area contributed by atoms with Gasteiger partial charge < -0.3 is 19.7 Å². The number of nitrogens with one attached hydrogen (secondary N) is 1. The minimum absolute atomic E-state index is 0.0127. The molecule has 0 bridgehead atoms. The number of carbonyl (C=O) groups excluding carboxylic acids is 3. The summed E-state index contributed by atoms with van der Waals surface area (Å²) in [4.78, 5) is 43.4. The molecule has 2 saturated heterocycles. The molecule has 1 aromatic carbocycles. The summed E-state index contributed by atoms with van der Waals surface area (Å²) in [6.07, 6.45) is -3.68. The zero-order chi connectivity index (χ0) is 23.8. The van der Waals surface area contributed by atoms with Crippen LogP contribution in [0.2, 0.25) is 0 Å². The molecule has 1 saturated carbocycles. The average Bonchev–Trinajstić information content (AvgIpc) is 3.39. The second-order valence-electron chi connectivity index (χ2n) is 7.98. The van der Waals surface area contributed by atoms with Crippen LogP contribution in [0.4, 0.5) is 29.3 Å². The van der Waals surface area contributed by atoms with E-state index in [4.69, 9.17) is 9.57 Å². The van der Waals surface area contributed by atoms with Gasteiger partial charge in [0.1, 0.15) is 12.4 Å². The molecule has 0 aromatic heterocycles. The highest BCUT2D eigenvalue weighted by atomic mass is 19.3. The van der Waals surface area contributed by atoms with Crippen molar-refractivity contribution in [1.82, 2.24) is 10.4 Å². The Kier molecular flexibility index (Phi) is 6.34. The molecule has 33 heavy (non-hydrogen) atoms. The van der Waals surface area contributed by atoms with Gasteiger partial charge in [0.15, 0.2) is 5.60 Å². The molecule has 2 aliphatic heterocycles. The molecule has 2 atom stereocenters. The van der Waals surface area contributed by atoms with Crippen molar-refractivity contribution in [2.75, 3.05) is 56.2 Å². The molecule has 2 amide bonds. The van der Waals surface area contributed by atoms with Gasteiger partial charge in [-0.1, -0.05) is 0 Å². The molecular formula is C20H23F3N4O6. The molecular weight excluding hydrogens is 449 g/mol. The fraction of sp³-hybridized carbons (Fsp3) is 0.550. The van der Waals surface area contributed by atoms with Crippen LogP contribution < -0.4 is 15.1 Å². The number of carbonyl (C=O) groups is 3. The SMILES string of the molecule is COC(=O)CN1CCN(c2ccc(N3CC4(CC4NC(=O)C(F)F)OC3=O)cc2F)CCO1. The van der Waals surface area contributed by atoms with Crippen molar-refractivity contribution in [1.29, 1.82) is 0 Å². The molecule has 0 radical (unpaired) electrons. The lowest BCUT2D eigenvalue weighted by atomic mass is 10.2. The molecule has 2 unspecified atom stereocenters. The Balaban J connectivity index is 1.39. The number of hydrogen-bond donors (Lipinski definition) is 1. The monoisotopic (exact) mass is 472 g/mol. The minimum atomic E-state index is -3.16. The summed E-state index contributed by atoms with van der Waals surface area (Å²) in [6, 6.07) is 3.58. The predicted octanol–water partition coefficient (Wildman–Crippen LogP) is 0.901. The van der Waals surface area contributed by atoms with Crippen LogP contribution in [0.15, 0.2) is 18.2 Å². The summed E-state index contributed by atoms with van der Waals surface area (Å²) in [5.41, 5.74) is -0.525. The molecule has 1 aliphatic carbocycles. The topological polar surface area (TPSA) is 101 Å². The van der Waals surface area contributed by atoms with Gasteiger partial charge in [-0.2, -0.15) is 13.8 Å². The normalized spacial score (nSPS) is 25.2. The van der Waals surface area contributed by atoms with Crippen LogP contribution in [-0.4, -0.2) is 87.5 Å². The molecule has 2 heterocycles. The summed E-state index contributed by atoms with van der Waals surface area (Å²) in [5, 5.41) is 3.60. The Morgan fingerprint density at radius 2 is 2.09 bits per heavy atom. The number of hydroxylamine groups is 2. The van der Waals surface area contributed by atoms with Crippen molar-refractivity contribution in [2.24, 2.45) is 0 Å². The maximum absolute atomic E-state index is 15.0. The summed E-state index contributed by atoms with van der Waals surface area (Å²) >= 11 is 0. The number of amides is 2. The van der Waals surface area contributed by atoms with Crippen LogP contribution >= 0.6 is 0 Å². The first kappa shape index (κ1) is 23.1. The quantitative estimate of drug-likeness (QED) is 0.610. The van der Waals surface area contributed by atoms with Gasteiger partial charge in [-0.25, -0.2) is 9.18 Å². The Bertz CT molecular complexity index is 950. The molecule has 3 aliphatic rings. The maximum Gasteiger partial charge on any atom is 0.415 e. The number of methoxy groups -OCH3 is 1. The molecule has 4 rings (SSSR count). The second kappa shape index (κ2) is 9.06. The van der Waals surface area contributed by atoms with E-state index in [2.05, 4.69) is 10.1 Å². The summed E-state index contributed by atoms with van der Waals surface area (Å²) in [7, 11) is 1.28. The number of ether oxygens (including phenoxy) is 2. The predicted molar refractivity (Wildman–Crippen MR) is 107 cm³/mol. The van der Waals surface area contributed by atoms with E-state index in [0.29, 0.717) is 25.3 Å². The van der Waals surface area contributed by atoms with Crippen LogP contribution in [0.1, 0.15) is 6.42 Å². The second-order valence-corrected chi connectivity index (χ2v) is 7.98. The number of benzene rings is 1. The first-order valence-electron chi connectivity index (χ1n) is 10.3. The third-order valence-electron chi connectivity index (χ3n) is 5.85. The largest absolute Gasteiger partial charge is 0.468 e. The lowest BCUT2D eigenvalue weighted by Crippen LogP contribution is -2.37. The maximum atomic E-state index is 15.0.